The average molecular weight is 739 g/mol. The lowest BCUT2D eigenvalue weighted by Crippen LogP contribution is -2.16. The van der Waals surface area contributed by atoms with Crippen molar-refractivity contribution in [1.82, 2.24) is 0 Å². The van der Waals surface area contributed by atoms with E-state index >= 15 is 0 Å². The van der Waals surface area contributed by atoms with Gasteiger partial charge in [-0.25, -0.2) is 0 Å². The van der Waals surface area contributed by atoms with Gasteiger partial charge in [-0.1, -0.05) is 202 Å². The Kier molecular flexibility index (Phi) is 7.04. The molecule has 0 fully saturated rings. The van der Waals surface area contributed by atoms with Crippen molar-refractivity contribution in [3.8, 4) is 55.6 Å². The fraction of sp³-hybridized carbons (Fsp3) is 0.0526. The van der Waals surface area contributed by atoms with Crippen molar-refractivity contribution < 1.29 is 4.42 Å². The van der Waals surface area contributed by atoms with Gasteiger partial charge in [0.1, 0.15) is 11.2 Å². The first-order valence-corrected chi connectivity index (χ1v) is 20.3. The molecule has 10 aromatic carbocycles. The summed E-state index contributed by atoms with van der Waals surface area (Å²) in [5.41, 5.74) is 17.0. The maximum Gasteiger partial charge on any atom is 0.143 e. The standard InChI is InChI=1S/C57H38O/c1-57(2)50-34-33-35-15-3-4-16-38(35)54(50)49-27-13-24-39(55(49)57)36-29-31-37(32-30-36)52-43-20-7-9-22-45(43)53(46-23-10-8-21-44(46)52)42-19-6-5-17-40(42)47-25-14-26-48-41-18-11-12-28-51(41)58-56(47)48/h3-34H,1-2H3. The summed E-state index contributed by atoms with van der Waals surface area (Å²) >= 11 is 0. The fourth-order valence-electron chi connectivity index (χ4n) is 10.3. The molecule has 0 saturated heterocycles. The van der Waals surface area contributed by atoms with E-state index < -0.39 is 0 Å². The van der Waals surface area contributed by atoms with Gasteiger partial charge in [0.05, 0.1) is 0 Å². The maximum atomic E-state index is 6.59. The van der Waals surface area contributed by atoms with E-state index in [4.69, 9.17) is 4.42 Å². The second-order valence-corrected chi connectivity index (χ2v) is 16.3. The van der Waals surface area contributed by atoms with E-state index in [0.29, 0.717) is 0 Å². The third kappa shape index (κ3) is 4.65. The summed E-state index contributed by atoms with van der Waals surface area (Å²) < 4.78 is 6.59. The number of hydrogen-bond acceptors (Lipinski definition) is 1. The molecule has 11 aromatic rings. The number of hydrogen-bond donors (Lipinski definition) is 0. The largest absolute Gasteiger partial charge is 0.455 e. The second kappa shape index (κ2) is 12.4. The number of rotatable bonds is 4. The third-order valence-corrected chi connectivity index (χ3v) is 12.9. The fourth-order valence-corrected chi connectivity index (χ4v) is 10.3. The first-order valence-electron chi connectivity index (χ1n) is 20.3. The Labute approximate surface area is 337 Å². The van der Waals surface area contributed by atoms with Crippen LogP contribution in [0.15, 0.2) is 199 Å². The van der Waals surface area contributed by atoms with E-state index in [9.17, 15) is 0 Å². The zero-order chi connectivity index (χ0) is 38.5. The van der Waals surface area contributed by atoms with Crippen molar-refractivity contribution in [1.29, 1.82) is 0 Å². The van der Waals surface area contributed by atoms with Gasteiger partial charge >= 0.3 is 0 Å². The molecule has 1 nitrogen and oxygen atoms in total. The van der Waals surface area contributed by atoms with E-state index in [1.54, 1.807) is 0 Å². The number of fused-ring (bicyclic) bond motifs is 10. The molecule has 1 heteroatoms. The van der Waals surface area contributed by atoms with Crippen molar-refractivity contribution >= 4 is 54.3 Å². The smallest absolute Gasteiger partial charge is 0.143 e. The first kappa shape index (κ1) is 33.0. The summed E-state index contributed by atoms with van der Waals surface area (Å²) in [5.74, 6) is 0. The molecule has 0 radical (unpaired) electrons. The van der Waals surface area contributed by atoms with E-state index in [2.05, 4.69) is 202 Å². The van der Waals surface area contributed by atoms with Gasteiger partial charge < -0.3 is 4.42 Å². The van der Waals surface area contributed by atoms with Gasteiger partial charge in [-0.05, 0) is 99.6 Å². The number of para-hydroxylation sites is 2. The minimum Gasteiger partial charge on any atom is -0.455 e. The summed E-state index contributed by atoms with van der Waals surface area (Å²) in [7, 11) is 0. The Bertz CT molecular complexity index is 3410. The highest BCUT2D eigenvalue weighted by Crippen LogP contribution is 2.54. The van der Waals surface area contributed by atoms with Crippen LogP contribution in [0.2, 0.25) is 0 Å². The monoisotopic (exact) mass is 738 g/mol. The highest BCUT2D eigenvalue weighted by Gasteiger charge is 2.38. The summed E-state index contributed by atoms with van der Waals surface area (Å²) in [4.78, 5) is 0. The molecule has 272 valence electrons. The summed E-state index contributed by atoms with van der Waals surface area (Å²) in [6, 6.07) is 71.2. The Morgan fingerprint density at radius 3 is 1.59 bits per heavy atom. The third-order valence-electron chi connectivity index (χ3n) is 12.9. The Balaban J connectivity index is 1.03. The van der Waals surface area contributed by atoms with E-state index in [0.717, 1.165) is 33.1 Å². The van der Waals surface area contributed by atoms with Crippen LogP contribution in [-0.2, 0) is 5.41 Å². The van der Waals surface area contributed by atoms with Crippen LogP contribution < -0.4 is 0 Å². The van der Waals surface area contributed by atoms with Crippen molar-refractivity contribution in [3.05, 3.63) is 205 Å². The predicted octanol–water partition coefficient (Wildman–Crippen LogP) is 16.0. The van der Waals surface area contributed by atoms with Gasteiger partial charge in [0, 0.05) is 21.8 Å². The van der Waals surface area contributed by atoms with Crippen molar-refractivity contribution in [2.75, 3.05) is 0 Å². The predicted molar refractivity (Wildman–Crippen MR) is 246 cm³/mol. The van der Waals surface area contributed by atoms with Crippen LogP contribution in [-0.4, -0.2) is 0 Å². The molecular weight excluding hydrogens is 701 g/mol. The lowest BCUT2D eigenvalue weighted by molar-refractivity contribution is 0.662. The van der Waals surface area contributed by atoms with Crippen molar-refractivity contribution in [3.63, 3.8) is 0 Å². The summed E-state index contributed by atoms with van der Waals surface area (Å²) in [6.07, 6.45) is 0. The van der Waals surface area contributed by atoms with Gasteiger partial charge in [0.2, 0.25) is 0 Å². The molecule has 1 aromatic heterocycles. The summed E-state index contributed by atoms with van der Waals surface area (Å²) in [6.45, 7) is 4.78. The Hall–Kier alpha value is -7.22. The lowest BCUT2D eigenvalue weighted by Gasteiger charge is -2.25. The minimum atomic E-state index is -0.127. The quantitative estimate of drug-likeness (QED) is 0.164. The van der Waals surface area contributed by atoms with Crippen LogP contribution in [0.4, 0.5) is 0 Å². The normalized spacial score (nSPS) is 13.1. The Morgan fingerprint density at radius 2 is 0.845 bits per heavy atom. The topological polar surface area (TPSA) is 13.1 Å². The Morgan fingerprint density at radius 1 is 0.328 bits per heavy atom. The van der Waals surface area contributed by atoms with Crippen molar-refractivity contribution in [2.45, 2.75) is 19.3 Å². The van der Waals surface area contributed by atoms with E-state index in [1.165, 1.54) is 88.0 Å². The van der Waals surface area contributed by atoms with Gasteiger partial charge in [0.15, 0.2) is 0 Å². The highest BCUT2D eigenvalue weighted by atomic mass is 16.3. The molecule has 0 N–H and O–H groups in total. The van der Waals surface area contributed by atoms with Crippen molar-refractivity contribution in [2.24, 2.45) is 0 Å². The molecule has 0 atom stereocenters. The summed E-state index contributed by atoms with van der Waals surface area (Å²) in [5, 5.41) is 9.84. The molecule has 58 heavy (non-hydrogen) atoms. The molecule has 1 aliphatic rings. The zero-order valence-corrected chi connectivity index (χ0v) is 32.4. The molecule has 0 bridgehead atoms. The zero-order valence-electron chi connectivity index (χ0n) is 32.4. The van der Waals surface area contributed by atoms with Crippen LogP contribution in [0.1, 0.15) is 25.0 Å². The molecule has 0 amide bonds. The SMILES string of the molecule is CC1(C)c2ccc3ccccc3c2-c2cccc(-c3ccc(-c4c5ccccc5c(-c5ccccc5-c5cccc6c5oc5ccccc56)c5ccccc45)cc3)c21. The van der Waals surface area contributed by atoms with Gasteiger partial charge in [-0.2, -0.15) is 0 Å². The molecule has 0 saturated carbocycles. The molecule has 1 heterocycles. The molecule has 12 rings (SSSR count). The van der Waals surface area contributed by atoms with E-state index in [-0.39, 0.29) is 5.41 Å². The number of benzene rings is 10. The molecule has 0 unspecified atom stereocenters. The van der Waals surface area contributed by atoms with E-state index in [1.807, 2.05) is 6.07 Å². The van der Waals surface area contributed by atoms with Gasteiger partial charge in [0.25, 0.3) is 0 Å². The molecule has 0 spiro atoms. The molecular formula is C57H38O. The van der Waals surface area contributed by atoms with Crippen LogP contribution in [0.3, 0.4) is 0 Å². The highest BCUT2D eigenvalue weighted by molar-refractivity contribution is 6.23. The molecule has 0 aliphatic heterocycles. The van der Waals surface area contributed by atoms with Gasteiger partial charge in [-0.15, -0.1) is 0 Å². The lowest BCUT2D eigenvalue weighted by atomic mass is 9.78. The van der Waals surface area contributed by atoms with Crippen LogP contribution >= 0.6 is 0 Å². The van der Waals surface area contributed by atoms with Gasteiger partial charge in [-0.3, -0.25) is 0 Å². The average Bonchev–Trinajstić information content (AvgIpc) is 3.78. The minimum absolute atomic E-state index is 0.127. The maximum absolute atomic E-state index is 6.59. The van der Waals surface area contributed by atoms with Crippen LogP contribution in [0.25, 0.3) is 110 Å². The van der Waals surface area contributed by atoms with Crippen LogP contribution in [0, 0.1) is 0 Å². The second-order valence-electron chi connectivity index (χ2n) is 16.3. The molecule has 1 aliphatic carbocycles. The number of furan rings is 1. The van der Waals surface area contributed by atoms with Crippen LogP contribution in [0.5, 0.6) is 0 Å². The first-order chi connectivity index (χ1) is 28.6.